The van der Waals surface area contributed by atoms with Crippen molar-refractivity contribution >= 4 is 5.91 Å². The van der Waals surface area contributed by atoms with Crippen LogP contribution in [0.4, 0.5) is 4.39 Å². The van der Waals surface area contributed by atoms with E-state index in [4.69, 9.17) is 9.47 Å². The number of hydrogen-bond acceptors (Lipinski definition) is 7. The molecule has 3 heterocycles. The maximum absolute atomic E-state index is 14.2. The molecule has 2 N–H and O–H groups in total. The van der Waals surface area contributed by atoms with Crippen molar-refractivity contribution in [2.45, 2.75) is 32.5 Å². The van der Waals surface area contributed by atoms with Gasteiger partial charge in [0.1, 0.15) is 11.4 Å². The van der Waals surface area contributed by atoms with Gasteiger partial charge < -0.3 is 19.9 Å². The van der Waals surface area contributed by atoms with Crippen LogP contribution in [-0.4, -0.2) is 39.3 Å². The molecule has 4 rings (SSSR count). The molecular weight excluding hydrogens is 431 g/mol. The number of amides is 1. The van der Waals surface area contributed by atoms with Crippen molar-refractivity contribution in [2.24, 2.45) is 0 Å². The highest BCUT2D eigenvalue weighted by molar-refractivity contribution is 5.94. The number of halogens is 1. The Morgan fingerprint density at radius 2 is 2.12 bits per heavy atom. The third-order valence-electron chi connectivity index (χ3n) is 5.45. The molecule has 172 valence electrons. The molecule has 0 atom stereocenters. The summed E-state index contributed by atoms with van der Waals surface area (Å²) in [5.41, 5.74) is -0.122. The fourth-order valence-electron chi connectivity index (χ4n) is 3.76. The van der Waals surface area contributed by atoms with Crippen molar-refractivity contribution in [1.82, 2.24) is 19.9 Å². The summed E-state index contributed by atoms with van der Waals surface area (Å²) in [4.78, 5) is 33.7. The summed E-state index contributed by atoms with van der Waals surface area (Å²) < 4.78 is 26.0. The lowest BCUT2D eigenvalue weighted by molar-refractivity contribution is -0.0566. The molecule has 0 spiro atoms. The second-order valence-electron chi connectivity index (χ2n) is 8.00. The van der Waals surface area contributed by atoms with Crippen molar-refractivity contribution < 1.29 is 23.8 Å². The van der Waals surface area contributed by atoms with E-state index in [1.165, 1.54) is 23.9 Å². The summed E-state index contributed by atoms with van der Waals surface area (Å²) in [5, 5.41) is 13.0. The quantitative estimate of drug-likeness (QED) is 0.608. The van der Waals surface area contributed by atoms with Gasteiger partial charge in [0.15, 0.2) is 11.5 Å². The molecule has 0 unspecified atom stereocenters. The Morgan fingerprint density at radius 1 is 1.36 bits per heavy atom. The molecule has 1 aliphatic rings. The minimum Gasteiger partial charge on any atom is -0.501 e. The number of nitrogens with one attached hydrogen (secondary N) is 1. The summed E-state index contributed by atoms with van der Waals surface area (Å²) in [7, 11) is 1.33. The van der Waals surface area contributed by atoms with Crippen LogP contribution in [0.3, 0.4) is 0 Å². The van der Waals surface area contributed by atoms with Crippen LogP contribution in [0.25, 0.3) is 11.1 Å². The molecule has 0 aliphatic carbocycles. The largest absolute Gasteiger partial charge is 0.501 e. The summed E-state index contributed by atoms with van der Waals surface area (Å²) in [6, 6.07) is 8.39. The van der Waals surface area contributed by atoms with Crippen LogP contribution >= 0.6 is 0 Å². The molecule has 33 heavy (non-hydrogen) atoms. The Balaban J connectivity index is 1.62. The molecule has 10 heteroatoms. The number of methoxy groups -OCH3 is 1. The molecule has 0 bridgehead atoms. The summed E-state index contributed by atoms with van der Waals surface area (Å²) in [6.45, 7) is 4.05. The molecule has 0 radical (unpaired) electrons. The topological polar surface area (TPSA) is 116 Å². The molecular formula is C23H23FN4O5. The van der Waals surface area contributed by atoms with Gasteiger partial charge in [-0.2, -0.15) is 0 Å². The monoisotopic (exact) mass is 454 g/mol. The third kappa shape index (κ3) is 4.17. The Bertz CT molecular complexity index is 1290. The van der Waals surface area contributed by atoms with Crippen molar-refractivity contribution in [3.8, 4) is 22.8 Å². The highest BCUT2D eigenvalue weighted by Crippen LogP contribution is 2.28. The Kier molecular flexibility index (Phi) is 5.86. The van der Waals surface area contributed by atoms with Gasteiger partial charge in [-0.15, -0.1) is 0 Å². The number of aromatic hydroxyl groups is 1. The van der Waals surface area contributed by atoms with Crippen LogP contribution in [0.5, 0.6) is 11.6 Å². The van der Waals surface area contributed by atoms with Gasteiger partial charge in [-0.05, 0) is 31.0 Å². The van der Waals surface area contributed by atoms with E-state index in [0.29, 0.717) is 23.3 Å². The van der Waals surface area contributed by atoms with E-state index in [2.05, 4.69) is 15.3 Å². The number of aromatic nitrogens is 3. The SMILES string of the molecule is COc1ncc(-c2ccccc2CNC(=O)c2nc3n(c(=O)c2O)CCOC3(C)C)cc1F. The van der Waals surface area contributed by atoms with Gasteiger partial charge in [-0.3, -0.25) is 14.2 Å². The van der Waals surface area contributed by atoms with E-state index in [9.17, 15) is 19.1 Å². The van der Waals surface area contributed by atoms with E-state index in [-0.39, 0.29) is 30.5 Å². The number of carbonyl (C=O) groups excluding carboxylic acids is 1. The molecule has 0 saturated carbocycles. The highest BCUT2D eigenvalue weighted by Gasteiger charge is 2.34. The maximum Gasteiger partial charge on any atom is 0.296 e. The van der Waals surface area contributed by atoms with E-state index in [1.54, 1.807) is 38.1 Å². The van der Waals surface area contributed by atoms with Gasteiger partial charge in [0.2, 0.25) is 11.6 Å². The number of carbonyl (C=O) groups is 1. The normalized spacial score (nSPS) is 14.4. The second-order valence-corrected chi connectivity index (χ2v) is 8.00. The predicted octanol–water partition coefficient (Wildman–Crippen LogP) is 2.35. The van der Waals surface area contributed by atoms with Gasteiger partial charge in [0, 0.05) is 18.3 Å². The van der Waals surface area contributed by atoms with Crippen LogP contribution in [0, 0.1) is 5.82 Å². The molecule has 0 fully saturated rings. The number of benzene rings is 1. The van der Waals surface area contributed by atoms with Crippen LogP contribution in [0.2, 0.25) is 0 Å². The molecule has 9 nitrogen and oxygen atoms in total. The summed E-state index contributed by atoms with van der Waals surface area (Å²) >= 11 is 0. The molecule has 1 amide bonds. The lowest BCUT2D eigenvalue weighted by atomic mass is 10.0. The van der Waals surface area contributed by atoms with Gasteiger partial charge in [0.25, 0.3) is 11.5 Å². The minimum atomic E-state index is -0.891. The zero-order valence-electron chi connectivity index (χ0n) is 18.4. The number of rotatable bonds is 5. The van der Waals surface area contributed by atoms with Gasteiger partial charge in [0.05, 0.1) is 20.3 Å². The first kappa shape index (κ1) is 22.4. The number of pyridine rings is 1. The number of nitrogens with zero attached hydrogens (tertiary/aromatic N) is 3. The third-order valence-corrected chi connectivity index (χ3v) is 5.45. The van der Waals surface area contributed by atoms with Crippen LogP contribution in [0.15, 0.2) is 41.3 Å². The van der Waals surface area contributed by atoms with E-state index in [0.717, 1.165) is 0 Å². The van der Waals surface area contributed by atoms with Gasteiger partial charge in [-0.1, -0.05) is 24.3 Å². The lowest BCUT2D eigenvalue weighted by Gasteiger charge is -2.32. The van der Waals surface area contributed by atoms with Crippen LogP contribution in [0.1, 0.15) is 35.7 Å². The zero-order valence-corrected chi connectivity index (χ0v) is 18.4. The predicted molar refractivity (Wildman–Crippen MR) is 116 cm³/mol. The number of fused-ring (bicyclic) bond motifs is 1. The molecule has 1 aliphatic heterocycles. The standard InChI is InChI=1S/C23H23FN4O5/c1-23(2)22-27-17(18(29)21(31)28(22)8-9-33-23)19(30)25-11-13-6-4-5-7-15(13)14-10-16(24)20(32-3)26-12-14/h4-7,10,12,29H,8-9,11H2,1-3H3,(H,25,30). The van der Waals surface area contributed by atoms with Crippen molar-refractivity contribution in [2.75, 3.05) is 13.7 Å². The Labute approximate surface area is 188 Å². The van der Waals surface area contributed by atoms with E-state index >= 15 is 0 Å². The van der Waals surface area contributed by atoms with E-state index < -0.39 is 28.6 Å². The zero-order chi connectivity index (χ0) is 23.8. The van der Waals surface area contributed by atoms with Crippen LogP contribution in [-0.2, 0) is 23.4 Å². The second kappa shape index (κ2) is 8.62. The molecule has 2 aromatic heterocycles. The maximum atomic E-state index is 14.2. The Morgan fingerprint density at radius 3 is 2.85 bits per heavy atom. The van der Waals surface area contributed by atoms with Crippen LogP contribution < -0.4 is 15.6 Å². The average molecular weight is 454 g/mol. The first-order valence-electron chi connectivity index (χ1n) is 10.3. The molecule has 3 aromatic rings. The highest BCUT2D eigenvalue weighted by atomic mass is 19.1. The average Bonchev–Trinajstić information content (AvgIpc) is 2.80. The van der Waals surface area contributed by atoms with Gasteiger partial charge >= 0.3 is 0 Å². The van der Waals surface area contributed by atoms with Crippen molar-refractivity contribution in [3.63, 3.8) is 0 Å². The first-order valence-corrected chi connectivity index (χ1v) is 10.3. The van der Waals surface area contributed by atoms with Crippen molar-refractivity contribution in [1.29, 1.82) is 0 Å². The summed E-state index contributed by atoms with van der Waals surface area (Å²) in [5.74, 6) is -1.90. The van der Waals surface area contributed by atoms with Crippen molar-refractivity contribution in [3.05, 3.63) is 69.8 Å². The number of ether oxygens (including phenoxy) is 2. The molecule has 0 saturated heterocycles. The van der Waals surface area contributed by atoms with E-state index in [1.807, 2.05) is 0 Å². The van der Waals surface area contributed by atoms with Gasteiger partial charge in [-0.25, -0.2) is 14.4 Å². The fourth-order valence-corrected chi connectivity index (χ4v) is 3.76. The smallest absolute Gasteiger partial charge is 0.296 e. The molecule has 1 aromatic carbocycles. The minimum absolute atomic E-state index is 0.0437. The summed E-state index contributed by atoms with van der Waals surface area (Å²) in [6.07, 6.45) is 1.47. The fraction of sp³-hybridized carbons (Fsp3) is 0.304. The number of hydrogen-bond donors (Lipinski definition) is 2. The first-order chi connectivity index (χ1) is 15.7. The Hall–Kier alpha value is -3.79. The lowest BCUT2D eigenvalue weighted by Crippen LogP contribution is -2.42.